The fraction of sp³-hybridized carbons (Fsp3) is 0.636. The Hall–Kier alpha value is -1.32. The fourth-order valence-electron chi connectivity index (χ4n) is 2.06. The minimum absolute atomic E-state index is 0.500. The predicted octanol–water partition coefficient (Wildman–Crippen LogP) is 1.54. The molecule has 4 nitrogen and oxygen atoms in total. The molecule has 1 saturated heterocycles. The van der Waals surface area contributed by atoms with Crippen molar-refractivity contribution in [3.05, 3.63) is 12.4 Å². The number of hydrogen-bond acceptors (Lipinski definition) is 4. The SMILES string of the molecule is CC(C)C1CCN(c2cncc(N)n2)C1. The van der Waals surface area contributed by atoms with E-state index in [2.05, 4.69) is 28.7 Å². The average molecular weight is 206 g/mol. The summed E-state index contributed by atoms with van der Waals surface area (Å²) >= 11 is 0. The van der Waals surface area contributed by atoms with Gasteiger partial charge in [0, 0.05) is 13.1 Å². The molecule has 0 bridgehead atoms. The topological polar surface area (TPSA) is 55.0 Å². The molecule has 82 valence electrons. The van der Waals surface area contributed by atoms with E-state index in [1.54, 1.807) is 12.4 Å². The van der Waals surface area contributed by atoms with Gasteiger partial charge in [-0.3, -0.25) is 4.98 Å². The molecule has 2 N–H and O–H groups in total. The molecule has 1 aromatic heterocycles. The van der Waals surface area contributed by atoms with Crippen LogP contribution in [0.1, 0.15) is 20.3 Å². The fourth-order valence-corrected chi connectivity index (χ4v) is 2.06. The normalized spacial score (nSPS) is 21.3. The molecule has 1 unspecified atom stereocenters. The van der Waals surface area contributed by atoms with Gasteiger partial charge in [0.25, 0.3) is 0 Å². The molecule has 0 amide bonds. The molecule has 1 atom stereocenters. The van der Waals surface area contributed by atoms with Crippen molar-refractivity contribution in [1.29, 1.82) is 0 Å². The zero-order chi connectivity index (χ0) is 10.8. The molecule has 0 aliphatic carbocycles. The van der Waals surface area contributed by atoms with Gasteiger partial charge in [-0.15, -0.1) is 0 Å². The van der Waals surface area contributed by atoms with Crippen LogP contribution in [-0.4, -0.2) is 23.1 Å². The lowest BCUT2D eigenvalue weighted by Crippen LogP contribution is -2.22. The van der Waals surface area contributed by atoms with E-state index in [1.807, 2.05) is 0 Å². The first kappa shape index (κ1) is 10.2. The Morgan fingerprint density at radius 2 is 2.27 bits per heavy atom. The van der Waals surface area contributed by atoms with Gasteiger partial charge in [0.05, 0.1) is 12.4 Å². The summed E-state index contributed by atoms with van der Waals surface area (Å²) in [5.41, 5.74) is 5.62. The molecule has 1 fully saturated rings. The van der Waals surface area contributed by atoms with Crippen LogP contribution in [0.3, 0.4) is 0 Å². The van der Waals surface area contributed by atoms with Gasteiger partial charge < -0.3 is 10.6 Å². The highest BCUT2D eigenvalue weighted by molar-refractivity contribution is 5.42. The number of rotatable bonds is 2. The first-order valence-corrected chi connectivity index (χ1v) is 5.49. The van der Waals surface area contributed by atoms with Gasteiger partial charge in [-0.25, -0.2) is 4.98 Å². The molecule has 1 aromatic rings. The molecule has 1 aliphatic rings. The largest absolute Gasteiger partial charge is 0.382 e. The molecule has 2 rings (SSSR count). The van der Waals surface area contributed by atoms with Gasteiger partial charge in [0.2, 0.25) is 0 Å². The van der Waals surface area contributed by atoms with Crippen LogP contribution in [0.25, 0.3) is 0 Å². The zero-order valence-electron chi connectivity index (χ0n) is 9.35. The van der Waals surface area contributed by atoms with E-state index in [-0.39, 0.29) is 0 Å². The Labute approximate surface area is 90.5 Å². The highest BCUT2D eigenvalue weighted by Gasteiger charge is 2.25. The molecule has 4 heteroatoms. The van der Waals surface area contributed by atoms with Crippen LogP contribution < -0.4 is 10.6 Å². The van der Waals surface area contributed by atoms with Crippen molar-refractivity contribution < 1.29 is 0 Å². The maximum atomic E-state index is 5.62. The first-order chi connectivity index (χ1) is 7.16. The van der Waals surface area contributed by atoms with Crippen LogP contribution in [0.5, 0.6) is 0 Å². The van der Waals surface area contributed by atoms with Crippen molar-refractivity contribution in [3.8, 4) is 0 Å². The van der Waals surface area contributed by atoms with Crippen LogP contribution in [0.4, 0.5) is 11.6 Å². The van der Waals surface area contributed by atoms with Crippen LogP contribution in [0.15, 0.2) is 12.4 Å². The summed E-state index contributed by atoms with van der Waals surface area (Å²) in [4.78, 5) is 10.6. The standard InChI is InChI=1S/C11H18N4/c1-8(2)9-3-4-15(7-9)11-6-13-5-10(12)14-11/h5-6,8-9H,3-4,7H2,1-2H3,(H2,12,14). The summed E-state index contributed by atoms with van der Waals surface area (Å²) in [6, 6.07) is 0. The number of hydrogen-bond donors (Lipinski definition) is 1. The molecule has 1 aliphatic heterocycles. The summed E-state index contributed by atoms with van der Waals surface area (Å²) in [6.45, 7) is 6.70. The Morgan fingerprint density at radius 1 is 1.47 bits per heavy atom. The Kier molecular flexibility index (Phi) is 2.75. The molecule has 2 heterocycles. The van der Waals surface area contributed by atoms with Crippen molar-refractivity contribution in [2.24, 2.45) is 11.8 Å². The lowest BCUT2D eigenvalue weighted by Gasteiger charge is -2.18. The number of nitrogens with zero attached hydrogens (tertiary/aromatic N) is 3. The van der Waals surface area contributed by atoms with Crippen molar-refractivity contribution in [1.82, 2.24) is 9.97 Å². The van der Waals surface area contributed by atoms with Crippen LogP contribution in [0.2, 0.25) is 0 Å². The predicted molar refractivity (Wildman–Crippen MR) is 61.6 cm³/mol. The molecular formula is C11H18N4. The number of nitrogen functional groups attached to an aromatic ring is 1. The molecule has 0 saturated carbocycles. The summed E-state index contributed by atoms with van der Waals surface area (Å²) < 4.78 is 0. The Morgan fingerprint density at radius 3 is 2.87 bits per heavy atom. The second-order valence-electron chi connectivity index (χ2n) is 4.54. The number of aromatic nitrogens is 2. The van der Waals surface area contributed by atoms with Crippen molar-refractivity contribution >= 4 is 11.6 Å². The highest BCUT2D eigenvalue weighted by atomic mass is 15.2. The van der Waals surface area contributed by atoms with Gasteiger partial charge in [-0.2, -0.15) is 0 Å². The van der Waals surface area contributed by atoms with Gasteiger partial charge in [-0.1, -0.05) is 13.8 Å². The Bertz CT molecular complexity index is 337. The Balaban J connectivity index is 2.08. The van der Waals surface area contributed by atoms with E-state index in [9.17, 15) is 0 Å². The minimum atomic E-state index is 0.500. The first-order valence-electron chi connectivity index (χ1n) is 5.49. The third-order valence-corrected chi connectivity index (χ3v) is 3.13. The average Bonchev–Trinajstić information content (AvgIpc) is 2.66. The van der Waals surface area contributed by atoms with E-state index < -0.39 is 0 Å². The van der Waals surface area contributed by atoms with Crippen LogP contribution in [-0.2, 0) is 0 Å². The quantitative estimate of drug-likeness (QED) is 0.797. The molecule has 15 heavy (non-hydrogen) atoms. The molecule has 0 aromatic carbocycles. The molecule has 0 radical (unpaired) electrons. The van der Waals surface area contributed by atoms with Crippen molar-refractivity contribution in [3.63, 3.8) is 0 Å². The van der Waals surface area contributed by atoms with E-state index in [0.717, 1.165) is 30.7 Å². The maximum absolute atomic E-state index is 5.62. The summed E-state index contributed by atoms with van der Waals surface area (Å²) in [7, 11) is 0. The maximum Gasteiger partial charge on any atom is 0.149 e. The van der Waals surface area contributed by atoms with Gasteiger partial charge in [0.15, 0.2) is 0 Å². The van der Waals surface area contributed by atoms with Crippen LogP contribution in [0, 0.1) is 11.8 Å². The van der Waals surface area contributed by atoms with Gasteiger partial charge in [0.1, 0.15) is 11.6 Å². The van der Waals surface area contributed by atoms with Gasteiger partial charge in [-0.05, 0) is 18.3 Å². The summed E-state index contributed by atoms with van der Waals surface area (Å²) in [5.74, 6) is 2.93. The van der Waals surface area contributed by atoms with Gasteiger partial charge >= 0.3 is 0 Å². The van der Waals surface area contributed by atoms with Crippen molar-refractivity contribution in [2.75, 3.05) is 23.7 Å². The second-order valence-corrected chi connectivity index (χ2v) is 4.54. The summed E-state index contributed by atoms with van der Waals surface area (Å²) in [6.07, 6.45) is 4.62. The number of anilines is 2. The monoisotopic (exact) mass is 206 g/mol. The van der Waals surface area contributed by atoms with E-state index in [4.69, 9.17) is 5.73 Å². The summed E-state index contributed by atoms with van der Waals surface area (Å²) in [5, 5.41) is 0. The lowest BCUT2D eigenvalue weighted by molar-refractivity contribution is 0.422. The third kappa shape index (κ3) is 2.19. The zero-order valence-corrected chi connectivity index (χ0v) is 9.35. The van der Waals surface area contributed by atoms with E-state index in [0.29, 0.717) is 5.82 Å². The smallest absolute Gasteiger partial charge is 0.149 e. The van der Waals surface area contributed by atoms with Crippen molar-refractivity contribution in [2.45, 2.75) is 20.3 Å². The highest BCUT2D eigenvalue weighted by Crippen LogP contribution is 2.26. The second kappa shape index (κ2) is 4.04. The lowest BCUT2D eigenvalue weighted by atomic mass is 9.95. The molecular weight excluding hydrogens is 188 g/mol. The third-order valence-electron chi connectivity index (χ3n) is 3.13. The number of nitrogens with two attached hydrogens (primary N) is 1. The van der Waals surface area contributed by atoms with E-state index in [1.165, 1.54) is 6.42 Å². The van der Waals surface area contributed by atoms with E-state index >= 15 is 0 Å². The minimum Gasteiger partial charge on any atom is -0.382 e. The van der Waals surface area contributed by atoms with Crippen LogP contribution >= 0.6 is 0 Å². The molecule has 0 spiro atoms.